The van der Waals surface area contributed by atoms with Crippen LogP contribution in [0.1, 0.15) is 20.3 Å². The first kappa shape index (κ1) is 14.1. The summed E-state index contributed by atoms with van der Waals surface area (Å²) >= 11 is 3.37. The van der Waals surface area contributed by atoms with Crippen molar-refractivity contribution in [2.45, 2.75) is 20.3 Å². The zero-order valence-corrected chi connectivity index (χ0v) is 11.6. The van der Waals surface area contributed by atoms with Gasteiger partial charge >= 0.3 is 0 Å². The van der Waals surface area contributed by atoms with E-state index in [1.165, 1.54) is 6.33 Å². The molecule has 0 aromatic carbocycles. The van der Waals surface area contributed by atoms with Crippen LogP contribution < -0.4 is 16.6 Å². The van der Waals surface area contributed by atoms with Gasteiger partial charge in [0.2, 0.25) is 0 Å². The number of rotatable bonds is 6. The van der Waals surface area contributed by atoms with E-state index in [-0.39, 0.29) is 12.0 Å². The Balaban J connectivity index is 2.69. The van der Waals surface area contributed by atoms with Gasteiger partial charge in [0.25, 0.3) is 0 Å². The van der Waals surface area contributed by atoms with Gasteiger partial charge < -0.3 is 15.8 Å². The van der Waals surface area contributed by atoms with Gasteiger partial charge in [-0.05, 0) is 27.8 Å². The fourth-order valence-electron chi connectivity index (χ4n) is 1.31. The van der Waals surface area contributed by atoms with Crippen molar-refractivity contribution in [1.29, 1.82) is 0 Å². The largest absolute Gasteiger partial charge is 0.396 e. The Morgan fingerprint density at radius 2 is 2.06 bits per heavy atom. The third-order valence-electron chi connectivity index (χ3n) is 2.45. The maximum absolute atomic E-state index is 8.95. The Morgan fingerprint density at radius 3 is 2.65 bits per heavy atom. The highest BCUT2D eigenvalue weighted by atomic mass is 79.9. The van der Waals surface area contributed by atoms with Crippen LogP contribution >= 0.6 is 15.9 Å². The molecule has 0 aliphatic heterocycles. The normalized spacial score (nSPS) is 11.4. The van der Waals surface area contributed by atoms with Gasteiger partial charge in [-0.1, -0.05) is 13.8 Å². The van der Waals surface area contributed by atoms with E-state index >= 15 is 0 Å². The molecule has 0 saturated carbocycles. The third kappa shape index (κ3) is 4.10. The summed E-state index contributed by atoms with van der Waals surface area (Å²) in [5.41, 5.74) is 2.48. The smallest absolute Gasteiger partial charge is 0.159 e. The first-order chi connectivity index (χ1) is 8.00. The van der Waals surface area contributed by atoms with Crippen LogP contribution in [-0.4, -0.2) is 28.2 Å². The van der Waals surface area contributed by atoms with E-state index in [0.717, 1.165) is 6.42 Å². The number of nitrogens with two attached hydrogens (primary N) is 1. The number of aliphatic hydroxyl groups is 1. The summed E-state index contributed by atoms with van der Waals surface area (Å²) in [7, 11) is 0. The zero-order chi connectivity index (χ0) is 12.9. The topological polar surface area (TPSA) is 96.1 Å². The highest BCUT2D eigenvalue weighted by Crippen LogP contribution is 2.27. The molecule has 0 bridgehead atoms. The van der Waals surface area contributed by atoms with Gasteiger partial charge in [0.05, 0.1) is 0 Å². The number of nitrogen functional groups attached to an aromatic ring is 1. The lowest BCUT2D eigenvalue weighted by atomic mass is 9.90. The molecule has 6 nitrogen and oxygen atoms in total. The Bertz CT molecular complexity index is 372. The van der Waals surface area contributed by atoms with Crippen molar-refractivity contribution in [1.82, 2.24) is 9.97 Å². The standard InChI is InChI=1S/C10H18BrN5O/c1-10(2,3-4-17)5-13-8-7(11)9(16-12)15-6-14-8/h6,17H,3-5,12H2,1-2H3,(H2,13,14,15,16). The van der Waals surface area contributed by atoms with E-state index in [0.29, 0.717) is 22.7 Å². The van der Waals surface area contributed by atoms with E-state index in [9.17, 15) is 0 Å². The summed E-state index contributed by atoms with van der Waals surface area (Å²) in [5.74, 6) is 6.53. The zero-order valence-electron chi connectivity index (χ0n) is 10.00. The lowest BCUT2D eigenvalue weighted by Crippen LogP contribution is -2.25. The molecule has 1 heterocycles. The number of hydrazine groups is 1. The number of hydrogen-bond acceptors (Lipinski definition) is 6. The Hall–Kier alpha value is -0.920. The summed E-state index contributed by atoms with van der Waals surface area (Å²) in [5, 5.41) is 12.2. The van der Waals surface area contributed by atoms with Crippen LogP contribution in [0.2, 0.25) is 0 Å². The second-order valence-corrected chi connectivity index (χ2v) is 5.31. The van der Waals surface area contributed by atoms with Gasteiger partial charge in [0, 0.05) is 13.2 Å². The Labute approximate surface area is 109 Å². The minimum absolute atomic E-state index is 0.00452. The highest BCUT2D eigenvalue weighted by Gasteiger charge is 2.18. The summed E-state index contributed by atoms with van der Waals surface area (Å²) in [6.07, 6.45) is 2.16. The molecule has 1 aromatic heterocycles. The molecule has 96 valence electrons. The average Bonchev–Trinajstić information content (AvgIpc) is 2.28. The maximum Gasteiger partial charge on any atom is 0.159 e. The van der Waals surface area contributed by atoms with Gasteiger partial charge in [-0.3, -0.25) is 0 Å². The number of hydrogen-bond donors (Lipinski definition) is 4. The van der Waals surface area contributed by atoms with E-state index < -0.39 is 0 Å². The first-order valence-electron chi connectivity index (χ1n) is 5.32. The van der Waals surface area contributed by atoms with Gasteiger partial charge in [-0.2, -0.15) is 0 Å². The monoisotopic (exact) mass is 303 g/mol. The molecule has 0 aliphatic rings. The first-order valence-corrected chi connectivity index (χ1v) is 6.11. The summed E-state index contributed by atoms with van der Waals surface area (Å²) in [6, 6.07) is 0. The molecule has 5 N–H and O–H groups in total. The van der Waals surface area contributed by atoms with Gasteiger partial charge in [-0.25, -0.2) is 15.8 Å². The number of nitrogens with zero attached hydrogens (tertiary/aromatic N) is 2. The van der Waals surface area contributed by atoms with Crippen molar-refractivity contribution >= 4 is 27.6 Å². The minimum Gasteiger partial charge on any atom is -0.396 e. The fourth-order valence-corrected chi connectivity index (χ4v) is 1.77. The maximum atomic E-state index is 8.95. The summed E-state index contributed by atoms with van der Waals surface area (Å²) < 4.78 is 0.697. The lowest BCUT2D eigenvalue weighted by Gasteiger charge is -2.24. The second kappa shape index (κ2) is 6.13. The van der Waals surface area contributed by atoms with Crippen LogP contribution in [0.4, 0.5) is 11.6 Å². The highest BCUT2D eigenvalue weighted by molar-refractivity contribution is 9.10. The molecule has 0 spiro atoms. The number of halogens is 1. The van der Waals surface area contributed by atoms with Crippen LogP contribution in [0, 0.1) is 5.41 Å². The molecule has 0 saturated heterocycles. The van der Waals surface area contributed by atoms with E-state index in [1.807, 2.05) is 0 Å². The molecular formula is C10H18BrN5O. The number of nitrogens with one attached hydrogen (secondary N) is 2. The molecule has 1 aromatic rings. The van der Waals surface area contributed by atoms with Crippen molar-refractivity contribution in [3.05, 3.63) is 10.8 Å². The fraction of sp³-hybridized carbons (Fsp3) is 0.600. The summed E-state index contributed by atoms with van der Waals surface area (Å²) in [6.45, 7) is 5.03. The Kier molecular flexibility index (Phi) is 5.10. The second-order valence-electron chi connectivity index (χ2n) is 4.52. The number of anilines is 2. The van der Waals surface area contributed by atoms with Crippen molar-refractivity contribution in [3.63, 3.8) is 0 Å². The van der Waals surface area contributed by atoms with Crippen molar-refractivity contribution < 1.29 is 5.11 Å². The van der Waals surface area contributed by atoms with Crippen LogP contribution in [0.3, 0.4) is 0 Å². The predicted octanol–water partition coefficient (Wildman–Crippen LogP) is 1.35. The Morgan fingerprint density at radius 1 is 1.41 bits per heavy atom. The summed E-state index contributed by atoms with van der Waals surface area (Å²) in [4.78, 5) is 8.09. The molecule has 7 heteroatoms. The van der Waals surface area contributed by atoms with Crippen LogP contribution in [0.15, 0.2) is 10.8 Å². The van der Waals surface area contributed by atoms with Crippen LogP contribution in [0.25, 0.3) is 0 Å². The molecule has 0 fully saturated rings. The SMILES string of the molecule is CC(C)(CCO)CNc1ncnc(NN)c1Br. The molecule has 17 heavy (non-hydrogen) atoms. The average molecular weight is 304 g/mol. The van der Waals surface area contributed by atoms with Crippen molar-refractivity contribution in [2.24, 2.45) is 11.3 Å². The van der Waals surface area contributed by atoms with Gasteiger partial charge in [0.15, 0.2) is 5.82 Å². The van der Waals surface area contributed by atoms with Crippen molar-refractivity contribution in [2.75, 3.05) is 23.9 Å². The number of aliphatic hydroxyl groups excluding tert-OH is 1. The molecular weight excluding hydrogens is 286 g/mol. The van der Waals surface area contributed by atoms with Crippen LogP contribution in [-0.2, 0) is 0 Å². The molecule has 1 rings (SSSR count). The van der Waals surface area contributed by atoms with E-state index in [2.05, 4.69) is 50.5 Å². The molecule has 0 aliphatic carbocycles. The van der Waals surface area contributed by atoms with Crippen molar-refractivity contribution in [3.8, 4) is 0 Å². The number of aromatic nitrogens is 2. The molecule has 0 atom stereocenters. The van der Waals surface area contributed by atoms with Crippen LogP contribution in [0.5, 0.6) is 0 Å². The molecule has 0 radical (unpaired) electrons. The third-order valence-corrected chi connectivity index (χ3v) is 3.20. The van der Waals surface area contributed by atoms with E-state index in [1.54, 1.807) is 0 Å². The quantitative estimate of drug-likeness (QED) is 0.468. The predicted molar refractivity (Wildman–Crippen MR) is 71.5 cm³/mol. The molecule has 0 amide bonds. The lowest BCUT2D eigenvalue weighted by molar-refractivity contribution is 0.220. The van der Waals surface area contributed by atoms with E-state index in [4.69, 9.17) is 10.9 Å². The minimum atomic E-state index is -0.00452. The van der Waals surface area contributed by atoms with Gasteiger partial charge in [0.1, 0.15) is 16.6 Å². The molecule has 0 unspecified atom stereocenters. The van der Waals surface area contributed by atoms with Gasteiger partial charge in [-0.15, -0.1) is 0 Å².